The third kappa shape index (κ3) is 2.78. The molecule has 5 heterocycles. The Kier molecular flexibility index (Phi) is 4.36. The molecule has 7 aliphatic rings. The van der Waals surface area contributed by atoms with Gasteiger partial charge in [-0.25, -0.2) is 0 Å². The number of hydrogen-bond donors (Lipinski definition) is 0. The molecule has 3 heteroatoms. The van der Waals surface area contributed by atoms with Gasteiger partial charge in [-0.2, -0.15) is 0 Å². The van der Waals surface area contributed by atoms with Crippen molar-refractivity contribution in [3.63, 3.8) is 0 Å². The zero-order valence-corrected chi connectivity index (χ0v) is 22.3. The molecule has 4 bridgehead atoms. The lowest BCUT2D eigenvalue weighted by atomic mass is 9.58. The predicted molar refractivity (Wildman–Crippen MR) is 147 cm³/mol. The van der Waals surface area contributed by atoms with Crippen molar-refractivity contribution in [2.45, 2.75) is 119 Å². The number of hydrogen-bond acceptors (Lipinski definition) is 3. The molecule has 0 N–H and O–H groups in total. The largest absolute Gasteiger partial charge is 0.359 e. The highest BCUT2D eigenvalue weighted by atomic mass is 16.5. The molecule has 9 rings (SSSR count). The summed E-state index contributed by atoms with van der Waals surface area (Å²) in [6, 6.07) is 11.8. The Labute approximate surface area is 221 Å². The van der Waals surface area contributed by atoms with E-state index in [1.165, 1.54) is 93.4 Å². The standard InChI is InChI=1S/C34H40N2O/c1-32-14-12-26-19-25-4-5-29(36-27-6-7-28(36)9-8-27)20-33(25)15-16-34(26,37-33)31(32)11-10-30(32)23-3-2-22-13-17-35-21-24(22)18-23/h2-3,12-13,17-19,21,27-31H,4-11,14-16,20H2,1H3/t27?,28?,29-,30?,31-,32?,33-,34-/m1/s1. The normalized spacial score (nSPS) is 45.9. The molecule has 5 fully saturated rings. The molecule has 192 valence electrons. The highest BCUT2D eigenvalue weighted by molar-refractivity contribution is 5.82. The lowest BCUT2D eigenvalue weighted by Gasteiger charge is -2.55. The SMILES string of the molecule is CC12CC=C3C=C4CC[C@@H](N5C6CCC5CC6)C[C@]45CC[C@]3(O5)[C@@H]1CCC2c1ccc2ccncc2c1. The van der Waals surface area contributed by atoms with Crippen molar-refractivity contribution < 1.29 is 4.74 Å². The van der Waals surface area contributed by atoms with E-state index in [1.807, 2.05) is 12.4 Å². The van der Waals surface area contributed by atoms with Crippen molar-refractivity contribution in [1.29, 1.82) is 0 Å². The number of allylic oxidation sites excluding steroid dienone is 1. The van der Waals surface area contributed by atoms with Crippen LogP contribution in [0.5, 0.6) is 0 Å². The van der Waals surface area contributed by atoms with Crippen LogP contribution in [0.25, 0.3) is 10.8 Å². The number of ether oxygens (including phenoxy) is 1. The summed E-state index contributed by atoms with van der Waals surface area (Å²) in [7, 11) is 0. The number of pyridine rings is 1. The van der Waals surface area contributed by atoms with E-state index >= 15 is 0 Å². The van der Waals surface area contributed by atoms with Crippen LogP contribution in [0.4, 0.5) is 0 Å². The van der Waals surface area contributed by atoms with Gasteiger partial charge < -0.3 is 4.74 Å². The molecule has 3 saturated heterocycles. The molecular weight excluding hydrogens is 452 g/mol. The van der Waals surface area contributed by atoms with Gasteiger partial charge in [0.15, 0.2) is 0 Å². The number of nitrogens with zero attached hydrogens (tertiary/aromatic N) is 2. The monoisotopic (exact) mass is 492 g/mol. The molecule has 3 aliphatic carbocycles. The lowest BCUT2D eigenvalue weighted by Crippen LogP contribution is -2.55. The molecule has 1 aromatic heterocycles. The number of fused-ring (bicyclic) bond motifs is 4. The van der Waals surface area contributed by atoms with E-state index in [-0.39, 0.29) is 16.6 Å². The fraction of sp³-hybridized carbons (Fsp3) is 0.618. The van der Waals surface area contributed by atoms with E-state index in [2.05, 4.69) is 53.2 Å². The molecule has 6 atom stereocenters. The van der Waals surface area contributed by atoms with Crippen LogP contribution in [-0.4, -0.2) is 39.2 Å². The van der Waals surface area contributed by atoms with Gasteiger partial charge in [-0.15, -0.1) is 0 Å². The van der Waals surface area contributed by atoms with Crippen LogP contribution in [0, 0.1) is 11.3 Å². The van der Waals surface area contributed by atoms with Crippen molar-refractivity contribution in [2.75, 3.05) is 0 Å². The first-order chi connectivity index (χ1) is 18.1. The highest BCUT2D eigenvalue weighted by Gasteiger charge is 2.67. The molecule has 2 aromatic rings. The first-order valence-corrected chi connectivity index (χ1v) is 15.3. The third-order valence-electron chi connectivity index (χ3n) is 12.7. The topological polar surface area (TPSA) is 25.4 Å². The summed E-state index contributed by atoms with van der Waals surface area (Å²) in [5.41, 5.74) is 4.96. The van der Waals surface area contributed by atoms with E-state index in [9.17, 15) is 0 Å². The van der Waals surface area contributed by atoms with Crippen LogP contribution in [0.3, 0.4) is 0 Å². The van der Waals surface area contributed by atoms with Crippen molar-refractivity contribution >= 4 is 10.8 Å². The van der Waals surface area contributed by atoms with Gasteiger partial charge in [-0.3, -0.25) is 9.88 Å². The molecule has 2 unspecified atom stereocenters. The zero-order valence-electron chi connectivity index (χ0n) is 22.3. The summed E-state index contributed by atoms with van der Waals surface area (Å²) in [6.45, 7) is 2.60. The second kappa shape index (κ2) is 7.36. The summed E-state index contributed by atoms with van der Waals surface area (Å²) in [6.07, 6.45) is 25.1. The van der Waals surface area contributed by atoms with Crippen LogP contribution in [0.15, 0.2) is 60.0 Å². The molecule has 4 aliphatic heterocycles. The van der Waals surface area contributed by atoms with Gasteiger partial charge in [-0.05, 0) is 129 Å². The van der Waals surface area contributed by atoms with E-state index < -0.39 is 0 Å². The quantitative estimate of drug-likeness (QED) is 0.435. The Balaban J connectivity index is 1.06. The molecule has 1 aromatic carbocycles. The van der Waals surface area contributed by atoms with Gasteiger partial charge in [0.25, 0.3) is 0 Å². The highest BCUT2D eigenvalue weighted by Crippen LogP contribution is 2.69. The van der Waals surface area contributed by atoms with Gasteiger partial charge in [0.05, 0.1) is 11.2 Å². The predicted octanol–water partition coefficient (Wildman–Crippen LogP) is 7.47. The Bertz CT molecular complexity index is 1340. The molecule has 0 radical (unpaired) electrons. The van der Waals surface area contributed by atoms with E-state index in [4.69, 9.17) is 4.74 Å². The fourth-order valence-corrected chi connectivity index (χ4v) is 11.1. The van der Waals surface area contributed by atoms with Crippen LogP contribution in [-0.2, 0) is 4.74 Å². The number of benzene rings is 1. The lowest BCUT2D eigenvalue weighted by molar-refractivity contribution is -0.141. The summed E-state index contributed by atoms with van der Waals surface area (Å²) >= 11 is 0. The van der Waals surface area contributed by atoms with E-state index in [0.717, 1.165) is 18.1 Å². The maximum Gasteiger partial charge on any atom is 0.0974 e. The molecule has 2 spiro atoms. The molecule has 2 saturated carbocycles. The minimum absolute atomic E-state index is 0.0211. The van der Waals surface area contributed by atoms with Gasteiger partial charge in [0.1, 0.15) is 0 Å². The first-order valence-electron chi connectivity index (χ1n) is 15.3. The zero-order chi connectivity index (χ0) is 24.4. The van der Waals surface area contributed by atoms with Crippen molar-refractivity contribution in [3.05, 3.63) is 65.5 Å². The van der Waals surface area contributed by atoms with E-state index in [0.29, 0.717) is 11.8 Å². The smallest absolute Gasteiger partial charge is 0.0974 e. The van der Waals surface area contributed by atoms with Crippen LogP contribution < -0.4 is 0 Å². The Hall–Kier alpha value is -1.97. The van der Waals surface area contributed by atoms with Crippen LogP contribution in [0.1, 0.15) is 95.5 Å². The van der Waals surface area contributed by atoms with Gasteiger partial charge in [0, 0.05) is 35.9 Å². The summed E-state index contributed by atoms with van der Waals surface area (Å²) < 4.78 is 7.62. The first kappa shape index (κ1) is 21.9. The van der Waals surface area contributed by atoms with Crippen LogP contribution >= 0.6 is 0 Å². The third-order valence-corrected chi connectivity index (χ3v) is 12.7. The molecule has 0 amide bonds. The fourth-order valence-electron chi connectivity index (χ4n) is 11.1. The molecule has 37 heavy (non-hydrogen) atoms. The van der Waals surface area contributed by atoms with Crippen molar-refractivity contribution in [2.24, 2.45) is 11.3 Å². The number of aromatic nitrogens is 1. The maximum atomic E-state index is 7.62. The molecular formula is C34H40N2O. The second-order valence-corrected chi connectivity index (χ2v) is 14.0. The number of rotatable bonds is 2. The van der Waals surface area contributed by atoms with Gasteiger partial charge in [0.2, 0.25) is 0 Å². The second-order valence-electron chi connectivity index (χ2n) is 14.0. The van der Waals surface area contributed by atoms with Crippen LogP contribution in [0.2, 0.25) is 0 Å². The Morgan fingerprint density at radius 3 is 2.65 bits per heavy atom. The van der Waals surface area contributed by atoms with Crippen molar-refractivity contribution in [1.82, 2.24) is 9.88 Å². The van der Waals surface area contributed by atoms with Gasteiger partial charge in [-0.1, -0.05) is 31.2 Å². The minimum Gasteiger partial charge on any atom is -0.359 e. The summed E-state index contributed by atoms with van der Waals surface area (Å²) in [5, 5.41) is 2.58. The van der Waals surface area contributed by atoms with Gasteiger partial charge >= 0.3 is 0 Å². The summed E-state index contributed by atoms with van der Waals surface area (Å²) in [4.78, 5) is 7.39. The average Bonchev–Trinajstić information content (AvgIpc) is 3.68. The molecule has 3 nitrogen and oxygen atoms in total. The summed E-state index contributed by atoms with van der Waals surface area (Å²) in [5.74, 6) is 1.22. The Morgan fingerprint density at radius 2 is 1.78 bits per heavy atom. The average molecular weight is 493 g/mol. The van der Waals surface area contributed by atoms with E-state index in [1.54, 1.807) is 11.1 Å². The van der Waals surface area contributed by atoms with Crippen molar-refractivity contribution in [3.8, 4) is 0 Å². The minimum atomic E-state index is -0.0461. The Morgan fingerprint density at radius 1 is 0.919 bits per heavy atom. The maximum absolute atomic E-state index is 7.62.